The number of halogens is 1. The third-order valence-electron chi connectivity index (χ3n) is 3.98. The first kappa shape index (κ1) is 19.6. The van der Waals surface area contributed by atoms with E-state index in [2.05, 4.69) is 21.2 Å². The van der Waals surface area contributed by atoms with Crippen LogP contribution in [0.25, 0.3) is 0 Å². The lowest BCUT2D eigenvalue weighted by molar-refractivity contribution is -0.125. The Hall–Kier alpha value is -3.12. The van der Waals surface area contributed by atoms with Crippen LogP contribution in [0.3, 0.4) is 0 Å². The highest BCUT2D eigenvalue weighted by atomic mass is 79.9. The normalized spacial score (nSPS) is 11.4. The first-order chi connectivity index (χ1) is 13.6. The van der Waals surface area contributed by atoms with Crippen LogP contribution in [0, 0.1) is 0 Å². The molecule has 1 N–H and O–H groups in total. The Kier molecular flexibility index (Phi) is 6.45. The highest BCUT2D eigenvalue weighted by Crippen LogP contribution is 2.24. The Bertz CT molecular complexity index is 958. The summed E-state index contributed by atoms with van der Waals surface area (Å²) in [5.41, 5.74) is 1.48. The molecule has 0 aliphatic carbocycles. The monoisotopic (exact) mass is 439 g/mol. The molecule has 0 heterocycles. The number of ether oxygens (including phenoxy) is 2. The molecule has 0 saturated heterocycles. The predicted molar refractivity (Wildman–Crippen MR) is 110 cm³/mol. The van der Waals surface area contributed by atoms with Crippen molar-refractivity contribution >= 4 is 33.5 Å². The second kappa shape index (κ2) is 9.19. The van der Waals surface area contributed by atoms with Crippen LogP contribution in [0.1, 0.15) is 22.0 Å². The minimum Gasteiger partial charge on any atom is -0.497 e. The highest BCUT2D eigenvalue weighted by Gasteiger charge is 2.26. The average Bonchev–Trinajstić information content (AvgIpc) is 2.73. The maximum absolute atomic E-state index is 12.9. The molecule has 0 unspecified atom stereocenters. The van der Waals surface area contributed by atoms with Crippen LogP contribution in [0.5, 0.6) is 5.75 Å². The first-order valence-corrected chi connectivity index (χ1v) is 9.32. The molecule has 0 radical (unpaired) electrons. The molecule has 1 atom stereocenters. The van der Waals surface area contributed by atoms with Gasteiger partial charge < -0.3 is 14.8 Å². The molecular weight excluding hydrogens is 422 g/mol. The van der Waals surface area contributed by atoms with Crippen molar-refractivity contribution in [1.29, 1.82) is 0 Å². The van der Waals surface area contributed by atoms with Crippen molar-refractivity contribution in [3.63, 3.8) is 0 Å². The Morgan fingerprint density at radius 1 is 0.929 bits per heavy atom. The first-order valence-electron chi connectivity index (χ1n) is 8.53. The van der Waals surface area contributed by atoms with E-state index in [1.807, 2.05) is 6.07 Å². The van der Waals surface area contributed by atoms with Gasteiger partial charge in [-0.15, -0.1) is 0 Å². The molecule has 0 spiro atoms. The lowest BCUT2D eigenvalue weighted by atomic mass is 10.1. The molecule has 3 aromatic rings. The van der Waals surface area contributed by atoms with E-state index in [-0.39, 0.29) is 0 Å². The van der Waals surface area contributed by atoms with Crippen molar-refractivity contribution in [2.24, 2.45) is 0 Å². The summed E-state index contributed by atoms with van der Waals surface area (Å²) in [4.78, 5) is 25.5. The summed E-state index contributed by atoms with van der Waals surface area (Å²) < 4.78 is 11.6. The molecule has 0 bridgehead atoms. The van der Waals surface area contributed by atoms with Crippen LogP contribution in [0.15, 0.2) is 83.3 Å². The number of hydrogen-bond donors (Lipinski definition) is 1. The van der Waals surface area contributed by atoms with E-state index < -0.39 is 18.0 Å². The number of rotatable bonds is 6. The molecule has 0 aromatic heterocycles. The summed E-state index contributed by atoms with van der Waals surface area (Å²) in [7, 11) is 1.55. The number of nitrogens with one attached hydrogen (secondary N) is 1. The van der Waals surface area contributed by atoms with Gasteiger partial charge in [0.25, 0.3) is 5.91 Å². The van der Waals surface area contributed by atoms with E-state index in [1.165, 1.54) is 0 Å². The van der Waals surface area contributed by atoms with Crippen LogP contribution >= 0.6 is 15.9 Å². The van der Waals surface area contributed by atoms with E-state index in [0.717, 1.165) is 4.47 Å². The smallest absolute Gasteiger partial charge is 0.339 e. The molecule has 1 amide bonds. The number of carbonyl (C=O) groups is 2. The molecule has 3 aromatic carbocycles. The molecule has 6 heteroatoms. The van der Waals surface area contributed by atoms with Gasteiger partial charge in [-0.1, -0.05) is 52.3 Å². The summed E-state index contributed by atoms with van der Waals surface area (Å²) in [5.74, 6) is -0.423. The van der Waals surface area contributed by atoms with Crippen LogP contribution in [-0.2, 0) is 9.53 Å². The Balaban J connectivity index is 1.83. The summed E-state index contributed by atoms with van der Waals surface area (Å²) in [6.07, 6.45) is -1.09. The average molecular weight is 440 g/mol. The number of carbonyl (C=O) groups excluding carboxylic acids is 2. The fraction of sp³-hybridized carbons (Fsp3) is 0.0909. The number of esters is 1. The number of amides is 1. The lowest BCUT2D eigenvalue weighted by Gasteiger charge is -2.18. The van der Waals surface area contributed by atoms with Gasteiger partial charge in [-0.25, -0.2) is 4.79 Å². The Labute approximate surface area is 171 Å². The topological polar surface area (TPSA) is 64.6 Å². The summed E-state index contributed by atoms with van der Waals surface area (Å²) in [6.45, 7) is 0. The number of hydrogen-bond acceptors (Lipinski definition) is 4. The second-order valence-electron chi connectivity index (χ2n) is 5.92. The molecule has 3 rings (SSSR count). The van der Waals surface area contributed by atoms with Gasteiger partial charge in [0.2, 0.25) is 6.10 Å². The van der Waals surface area contributed by atoms with E-state index in [1.54, 1.807) is 79.9 Å². The molecule has 0 aliphatic heterocycles. The van der Waals surface area contributed by atoms with Crippen molar-refractivity contribution in [3.05, 3.63) is 94.5 Å². The fourth-order valence-electron chi connectivity index (χ4n) is 2.57. The van der Waals surface area contributed by atoms with Gasteiger partial charge in [-0.3, -0.25) is 4.79 Å². The van der Waals surface area contributed by atoms with Crippen LogP contribution in [0.4, 0.5) is 5.69 Å². The minimum absolute atomic E-state index is 0.360. The van der Waals surface area contributed by atoms with E-state index >= 15 is 0 Å². The van der Waals surface area contributed by atoms with E-state index in [0.29, 0.717) is 22.6 Å². The van der Waals surface area contributed by atoms with Gasteiger partial charge in [0.1, 0.15) is 5.75 Å². The SMILES string of the molecule is COc1cccc(NC(=O)[C@H](OC(=O)c2ccc(Br)cc2)c2ccccc2)c1. The molecule has 28 heavy (non-hydrogen) atoms. The third-order valence-corrected chi connectivity index (χ3v) is 4.51. The summed E-state index contributed by atoms with van der Waals surface area (Å²) in [6, 6.07) is 22.6. The quantitative estimate of drug-likeness (QED) is 0.549. The van der Waals surface area contributed by atoms with Crippen molar-refractivity contribution in [3.8, 4) is 5.75 Å². The van der Waals surface area contributed by atoms with Gasteiger partial charge in [0, 0.05) is 21.8 Å². The van der Waals surface area contributed by atoms with Gasteiger partial charge in [-0.2, -0.15) is 0 Å². The largest absolute Gasteiger partial charge is 0.497 e. The van der Waals surface area contributed by atoms with Crippen LogP contribution in [-0.4, -0.2) is 19.0 Å². The molecule has 142 valence electrons. The zero-order chi connectivity index (χ0) is 19.9. The van der Waals surface area contributed by atoms with Crippen molar-refractivity contribution in [2.75, 3.05) is 12.4 Å². The highest BCUT2D eigenvalue weighted by molar-refractivity contribution is 9.10. The Morgan fingerprint density at radius 3 is 2.32 bits per heavy atom. The van der Waals surface area contributed by atoms with Crippen LogP contribution < -0.4 is 10.1 Å². The van der Waals surface area contributed by atoms with E-state index in [4.69, 9.17) is 9.47 Å². The zero-order valence-electron chi connectivity index (χ0n) is 15.1. The molecule has 0 fully saturated rings. The minimum atomic E-state index is -1.09. The summed E-state index contributed by atoms with van der Waals surface area (Å²) >= 11 is 3.33. The maximum atomic E-state index is 12.9. The standard InChI is InChI=1S/C22H18BrNO4/c1-27-19-9-5-8-18(14-19)24-21(25)20(15-6-3-2-4-7-15)28-22(26)16-10-12-17(23)13-11-16/h2-14,20H,1H3,(H,24,25)/t20-/m1/s1. The van der Waals surface area contributed by atoms with Gasteiger partial charge in [-0.05, 0) is 36.4 Å². The van der Waals surface area contributed by atoms with E-state index in [9.17, 15) is 9.59 Å². The Morgan fingerprint density at radius 2 is 1.64 bits per heavy atom. The lowest BCUT2D eigenvalue weighted by Crippen LogP contribution is -2.26. The van der Waals surface area contributed by atoms with Crippen molar-refractivity contribution in [2.45, 2.75) is 6.10 Å². The third kappa shape index (κ3) is 4.98. The number of benzene rings is 3. The van der Waals surface area contributed by atoms with Gasteiger partial charge in [0.15, 0.2) is 0 Å². The molecule has 0 aliphatic rings. The zero-order valence-corrected chi connectivity index (χ0v) is 16.7. The second-order valence-corrected chi connectivity index (χ2v) is 6.84. The van der Waals surface area contributed by atoms with Gasteiger partial charge >= 0.3 is 5.97 Å². The number of anilines is 1. The predicted octanol–water partition coefficient (Wildman–Crippen LogP) is 4.99. The maximum Gasteiger partial charge on any atom is 0.339 e. The van der Waals surface area contributed by atoms with Crippen LogP contribution in [0.2, 0.25) is 0 Å². The molecule has 5 nitrogen and oxygen atoms in total. The van der Waals surface area contributed by atoms with Crippen molar-refractivity contribution < 1.29 is 19.1 Å². The molecular formula is C22H18BrNO4. The number of methoxy groups -OCH3 is 1. The van der Waals surface area contributed by atoms with Crippen molar-refractivity contribution in [1.82, 2.24) is 0 Å². The summed E-state index contributed by atoms with van der Waals surface area (Å²) in [5, 5.41) is 2.78. The fourth-order valence-corrected chi connectivity index (χ4v) is 2.83. The molecule has 0 saturated carbocycles. The van der Waals surface area contributed by atoms with Gasteiger partial charge in [0.05, 0.1) is 12.7 Å².